The van der Waals surface area contributed by atoms with Gasteiger partial charge in [0.25, 0.3) is 0 Å². The summed E-state index contributed by atoms with van der Waals surface area (Å²) >= 11 is 6.80. The van der Waals surface area contributed by atoms with Crippen molar-refractivity contribution >= 4 is 26.9 Å². The second-order valence-corrected chi connectivity index (χ2v) is 8.62. The van der Waals surface area contributed by atoms with Gasteiger partial charge in [-0.3, -0.25) is 10.6 Å². The van der Waals surface area contributed by atoms with Crippen LogP contribution in [0.15, 0.2) is 0 Å². The van der Waals surface area contributed by atoms with Crippen LogP contribution in [0, 0.1) is 13.3 Å². The Morgan fingerprint density at radius 2 is 1.75 bits per heavy atom. The monoisotopic (exact) mass is 392 g/mol. The molecule has 0 aromatic carbocycles. The topological polar surface area (TPSA) is 39.3 Å². The molecular weight excluding hydrogens is 382 g/mol. The average molecular weight is 394 g/mol. The number of hydrogen-bond acceptors (Lipinski definition) is 4. The van der Waals surface area contributed by atoms with E-state index in [2.05, 4.69) is 56.3 Å². The molecule has 0 bridgehead atoms. The molecule has 0 aliphatic carbocycles. The van der Waals surface area contributed by atoms with Gasteiger partial charge in [0.2, 0.25) is 0 Å². The van der Waals surface area contributed by atoms with Crippen molar-refractivity contribution in [2.45, 2.75) is 0 Å². The van der Waals surface area contributed by atoms with E-state index in [9.17, 15) is 0 Å². The van der Waals surface area contributed by atoms with Gasteiger partial charge in [-0.15, -0.1) is 0 Å². The van der Waals surface area contributed by atoms with E-state index in [4.69, 9.17) is 0 Å². The van der Waals surface area contributed by atoms with E-state index < -0.39 is 0 Å². The van der Waals surface area contributed by atoms with E-state index in [1.54, 1.807) is 26.2 Å². The van der Waals surface area contributed by atoms with Gasteiger partial charge in [0.15, 0.2) is 13.3 Å². The van der Waals surface area contributed by atoms with Crippen molar-refractivity contribution in [3.63, 3.8) is 0 Å². The molecule has 0 rings (SSSR count). The standard InChI is InChI=1S/C5H12N4.2BrH.Pd/c1-6-4-8-9(3)5-7-2;;;/h6-8H,1-3H3;2*1H;/q;;;+2/p-2. The third-order valence-corrected chi connectivity index (χ3v) is 0.628. The summed E-state index contributed by atoms with van der Waals surface area (Å²) in [7, 11) is 5.35. The molecule has 7 heteroatoms. The van der Waals surface area contributed by atoms with Crippen LogP contribution in [0.2, 0.25) is 0 Å². The second kappa shape index (κ2) is 15.0. The van der Waals surface area contributed by atoms with Gasteiger partial charge in [-0.05, 0) is 14.1 Å². The van der Waals surface area contributed by atoms with Crippen LogP contribution < -0.4 is 16.1 Å². The quantitative estimate of drug-likeness (QED) is 0.362. The fourth-order valence-electron chi connectivity index (χ4n) is 0.335. The van der Waals surface area contributed by atoms with Gasteiger partial charge in [-0.1, -0.05) is 0 Å². The van der Waals surface area contributed by atoms with E-state index in [1.165, 1.54) is 0 Å². The molecule has 0 amide bonds. The first-order valence-corrected chi connectivity index (χ1v) is 9.99. The molecule has 0 unspecified atom stereocenters. The third-order valence-electron chi connectivity index (χ3n) is 0.628. The van der Waals surface area contributed by atoms with Crippen LogP contribution in [0.3, 0.4) is 0 Å². The van der Waals surface area contributed by atoms with Crippen LogP contribution in [0.1, 0.15) is 0 Å². The Kier molecular flexibility index (Phi) is 19.8. The zero-order chi connectivity index (χ0) is 9.82. The van der Waals surface area contributed by atoms with Crippen molar-refractivity contribution < 1.29 is 13.9 Å². The van der Waals surface area contributed by atoms with Gasteiger partial charge in [0.05, 0.1) is 0 Å². The summed E-state index contributed by atoms with van der Waals surface area (Å²) < 4.78 is 0. The maximum atomic E-state index is 3.11. The van der Waals surface area contributed by atoms with Gasteiger partial charge < -0.3 is 0 Å². The minimum atomic E-state index is 0.575. The molecule has 0 aromatic heterocycles. The van der Waals surface area contributed by atoms with Gasteiger partial charge in [-0.2, -0.15) is 0 Å². The number of hydrazine groups is 1. The Morgan fingerprint density at radius 3 is 2.08 bits per heavy atom. The van der Waals surface area contributed by atoms with Crippen molar-refractivity contribution in [1.29, 1.82) is 0 Å². The zero-order valence-electron chi connectivity index (χ0n) is 7.02. The summed E-state index contributed by atoms with van der Waals surface area (Å²) in [6.07, 6.45) is 0. The van der Waals surface area contributed by atoms with E-state index in [0.29, 0.717) is 13.9 Å². The van der Waals surface area contributed by atoms with Crippen LogP contribution in [0.25, 0.3) is 0 Å². The van der Waals surface area contributed by atoms with Crippen molar-refractivity contribution in [2.24, 2.45) is 0 Å². The summed E-state index contributed by atoms with van der Waals surface area (Å²) in [5, 5.41) is 7.02. The molecule has 0 aliphatic rings. The summed E-state index contributed by atoms with van der Waals surface area (Å²) in [5.41, 5.74) is 2.73. The predicted molar refractivity (Wildman–Crippen MR) is 53.4 cm³/mol. The SMILES string of the molecule is CN[C]NN(C)[C]NC.[Br][Pd][Br]. The fourth-order valence-corrected chi connectivity index (χ4v) is 0.335. The zero-order valence-corrected chi connectivity index (χ0v) is 11.7. The van der Waals surface area contributed by atoms with Crippen LogP contribution in [0.5, 0.6) is 0 Å². The molecule has 0 aromatic rings. The van der Waals surface area contributed by atoms with Crippen molar-refractivity contribution in [3.05, 3.63) is 13.3 Å². The van der Waals surface area contributed by atoms with Gasteiger partial charge >= 0.3 is 40.8 Å². The normalized spacial score (nSPS) is 9.83. The molecule has 12 heavy (non-hydrogen) atoms. The van der Waals surface area contributed by atoms with Gasteiger partial charge in [0, 0.05) is 7.05 Å². The molecule has 4 nitrogen and oxygen atoms in total. The molecular formula is C5H12Br2N4Pd. The Morgan fingerprint density at radius 1 is 1.25 bits per heavy atom. The molecule has 4 radical (unpaired) electrons. The summed E-state index contributed by atoms with van der Waals surface area (Å²) in [5.74, 6) is 0. The van der Waals surface area contributed by atoms with Crippen LogP contribution >= 0.6 is 26.9 Å². The van der Waals surface area contributed by atoms with Gasteiger partial charge in [0.1, 0.15) is 0 Å². The average Bonchev–Trinajstić information content (AvgIpc) is 2.03. The Labute approximate surface area is 95.8 Å². The van der Waals surface area contributed by atoms with Crippen molar-refractivity contribution in [2.75, 3.05) is 21.1 Å². The number of halogens is 2. The molecule has 0 heterocycles. The molecule has 0 spiro atoms. The molecule has 0 fully saturated rings. The van der Waals surface area contributed by atoms with E-state index in [0.717, 1.165) is 0 Å². The Bertz CT molecular complexity index is 78.5. The van der Waals surface area contributed by atoms with Crippen molar-refractivity contribution in [3.8, 4) is 0 Å². The summed E-state index contributed by atoms with van der Waals surface area (Å²) in [6, 6.07) is 0. The van der Waals surface area contributed by atoms with Crippen LogP contribution in [-0.4, -0.2) is 26.2 Å². The Hall–Kier alpha value is 1.46. The molecule has 0 aliphatic heterocycles. The third kappa shape index (κ3) is 17.5. The van der Waals surface area contributed by atoms with Crippen LogP contribution in [0.4, 0.5) is 0 Å². The second-order valence-electron chi connectivity index (χ2n) is 1.45. The maximum absolute atomic E-state index is 3.11. The number of hydrogen-bond donors (Lipinski definition) is 3. The van der Waals surface area contributed by atoms with Crippen molar-refractivity contribution in [1.82, 2.24) is 21.1 Å². The van der Waals surface area contributed by atoms with Crippen LogP contribution in [-0.2, 0) is 13.9 Å². The number of nitrogens with one attached hydrogen (secondary N) is 3. The molecule has 3 N–H and O–H groups in total. The first-order valence-electron chi connectivity index (χ1n) is 2.88. The van der Waals surface area contributed by atoms with Gasteiger partial charge in [-0.25, -0.2) is 10.4 Å². The number of rotatable bonds is 5. The molecule has 76 valence electrons. The Balaban J connectivity index is 0. The molecule has 0 saturated heterocycles. The molecule has 0 atom stereocenters. The first-order chi connectivity index (χ1) is 5.72. The van der Waals surface area contributed by atoms with E-state index in [1.807, 2.05) is 0 Å². The summed E-state index contributed by atoms with van der Waals surface area (Å²) in [4.78, 5) is 0. The van der Waals surface area contributed by atoms with E-state index in [-0.39, 0.29) is 0 Å². The first kappa shape index (κ1) is 15.9. The summed E-state index contributed by atoms with van der Waals surface area (Å²) in [6.45, 7) is 5.41. The fraction of sp³-hybridized carbons (Fsp3) is 0.600. The van der Waals surface area contributed by atoms with E-state index >= 15 is 0 Å². The molecule has 0 saturated carbocycles. The predicted octanol–water partition coefficient (Wildman–Crippen LogP) is 0.543. The minimum absolute atomic E-state index is 0.575. The number of nitrogens with zero attached hydrogens (tertiary/aromatic N) is 1.